The molecule has 1 aromatic rings. The van der Waals surface area contributed by atoms with Gasteiger partial charge in [-0.15, -0.1) is 0 Å². The van der Waals surface area contributed by atoms with Gasteiger partial charge in [0.1, 0.15) is 0 Å². The van der Waals surface area contributed by atoms with E-state index >= 15 is 0 Å². The maximum absolute atomic E-state index is 11.8. The van der Waals surface area contributed by atoms with E-state index < -0.39 is 24.5 Å². The third kappa shape index (κ3) is 5.47. The van der Waals surface area contributed by atoms with Gasteiger partial charge in [0.2, 0.25) is 0 Å². The Morgan fingerprint density at radius 2 is 2.04 bits per heavy atom. The topological polar surface area (TPSA) is 89.4 Å². The number of hydrogen-bond acceptors (Lipinski definition) is 4. The molecule has 0 spiro atoms. The maximum atomic E-state index is 11.8. The summed E-state index contributed by atoms with van der Waals surface area (Å²) in [4.78, 5) is 34.9. The van der Waals surface area contributed by atoms with Crippen LogP contribution >= 0.6 is 0 Å². The summed E-state index contributed by atoms with van der Waals surface area (Å²) < 4.78 is 7.16. The van der Waals surface area contributed by atoms with Crippen LogP contribution < -0.4 is 10.6 Å². The Hall–Kier alpha value is -2.57. The second-order valence-electron chi connectivity index (χ2n) is 6.70. The molecule has 7 nitrogen and oxygen atoms in total. The second-order valence-corrected chi connectivity index (χ2v) is 6.70. The molecule has 1 aliphatic carbocycles. The minimum Gasteiger partial charge on any atom is -0.452 e. The smallest absolute Gasteiger partial charge is 0.331 e. The summed E-state index contributed by atoms with van der Waals surface area (Å²) in [6, 6.07) is 1.98. The van der Waals surface area contributed by atoms with Crippen LogP contribution in [0, 0.1) is 13.8 Å². The van der Waals surface area contributed by atoms with Gasteiger partial charge in [-0.25, -0.2) is 9.59 Å². The monoisotopic (exact) mass is 361 g/mol. The standard InChI is InChI=1S/C19H27N3O4/c1-5-12(2)20-19(25)21-17(23)11-26-18(24)9-6-15-10-13(3)22(14(15)4)16-7-8-16/h6,9-10,12,16H,5,7-8,11H2,1-4H3,(H2,20,21,23,25)/b9-6+/t12-/m0/s1. The van der Waals surface area contributed by atoms with E-state index in [1.807, 2.05) is 26.8 Å². The first-order valence-electron chi connectivity index (χ1n) is 8.95. The summed E-state index contributed by atoms with van der Waals surface area (Å²) in [7, 11) is 0. The predicted octanol–water partition coefficient (Wildman–Crippen LogP) is 2.62. The molecule has 0 saturated heterocycles. The van der Waals surface area contributed by atoms with E-state index in [4.69, 9.17) is 4.74 Å². The summed E-state index contributed by atoms with van der Waals surface area (Å²) >= 11 is 0. The van der Waals surface area contributed by atoms with Gasteiger partial charge in [-0.2, -0.15) is 0 Å². The van der Waals surface area contributed by atoms with Crippen molar-refractivity contribution in [1.29, 1.82) is 0 Å². The number of amides is 3. The molecule has 1 heterocycles. The number of esters is 1. The molecule has 0 aromatic carbocycles. The molecule has 0 radical (unpaired) electrons. The highest BCUT2D eigenvalue weighted by molar-refractivity contribution is 5.96. The lowest BCUT2D eigenvalue weighted by atomic mass is 10.2. The minimum absolute atomic E-state index is 0.0390. The fourth-order valence-electron chi connectivity index (χ4n) is 2.73. The van der Waals surface area contributed by atoms with Crippen LogP contribution in [-0.2, 0) is 14.3 Å². The summed E-state index contributed by atoms with van der Waals surface area (Å²) in [5.41, 5.74) is 3.25. The zero-order valence-corrected chi connectivity index (χ0v) is 15.8. The van der Waals surface area contributed by atoms with Gasteiger partial charge in [0.05, 0.1) is 0 Å². The Balaban J connectivity index is 1.80. The molecule has 0 aliphatic heterocycles. The van der Waals surface area contributed by atoms with Gasteiger partial charge in [0, 0.05) is 29.5 Å². The summed E-state index contributed by atoms with van der Waals surface area (Å²) in [5.74, 6) is -1.29. The van der Waals surface area contributed by atoms with Gasteiger partial charge < -0.3 is 14.6 Å². The van der Waals surface area contributed by atoms with E-state index in [0.29, 0.717) is 6.04 Å². The molecule has 1 aliphatic rings. The Bertz CT molecular complexity index is 717. The average Bonchev–Trinajstić information content (AvgIpc) is 3.36. The van der Waals surface area contributed by atoms with Crippen molar-refractivity contribution in [3.8, 4) is 0 Å². The normalized spacial score (nSPS) is 14.9. The number of nitrogens with zero attached hydrogens (tertiary/aromatic N) is 1. The number of carbonyl (C=O) groups is 3. The molecule has 142 valence electrons. The van der Waals surface area contributed by atoms with Crippen LogP contribution in [0.5, 0.6) is 0 Å². The molecule has 1 saturated carbocycles. The largest absolute Gasteiger partial charge is 0.452 e. The van der Waals surface area contributed by atoms with E-state index in [0.717, 1.165) is 17.7 Å². The van der Waals surface area contributed by atoms with Crippen molar-refractivity contribution in [3.63, 3.8) is 0 Å². The molecule has 1 aromatic heterocycles. The zero-order valence-electron chi connectivity index (χ0n) is 15.8. The Labute approximate surface area is 153 Å². The van der Waals surface area contributed by atoms with E-state index in [1.165, 1.54) is 24.6 Å². The van der Waals surface area contributed by atoms with Gasteiger partial charge in [0.15, 0.2) is 6.61 Å². The Morgan fingerprint density at radius 3 is 2.65 bits per heavy atom. The average molecular weight is 361 g/mol. The second kappa shape index (κ2) is 8.69. The first kappa shape index (κ1) is 19.8. The quantitative estimate of drug-likeness (QED) is 0.577. The van der Waals surface area contributed by atoms with E-state index in [1.54, 1.807) is 6.08 Å². The molecular formula is C19H27N3O4. The molecule has 1 atom stereocenters. The molecular weight excluding hydrogens is 334 g/mol. The van der Waals surface area contributed by atoms with Crippen molar-refractivity contribution < 1.29 is 19.1 Å². The lowest BCUT2D eigenvalue weighted by Crippen LogP contribution is -2.44. The van der Waals surface area contributed by atoms with Gasteiger partial charge in [-0.3, -0.25) is 10.1 Å². The number of carbonyl (C=O) groups excluding carboxylic acids is 3. The third-order valence-corrected chi connectivity index (χ3v) is 4.42. The SMILES string of the molecule is CC[C@H](C)NC(=O)NC(=O)COC(=O)/C=C/c1cc(C)n(C2CC2)c1C. The van der Waals surface area contributed by atoms with Crippen molar-refractivity contribution in [3.05, 3.63) is 29.1 Å². The van der Waals surface area contributed by atoms with Crippen LogP contribution in [-0.4, -0.2) is 35.1 Å². The van der Waals surface area contributed by atoms with Gasteiger partial charge in [-0.05, 0) is 57.7 Å². The molecule has 3 amide bonds. The highest BCUT2D eigenvalue weighted by Crippen LogP contribution is 2.38. The van der Waals surface area contributed by atoms with Gasteiger partial charge in [0.25, 0.3) is 5.91 Å². The lowest BCUT2D eigenvalue weighted by Gasteiger charge is -2.11. The van der Waals surface area contributed by atoms with Crippen LogP contribution in [0.1, 0.15) is 56.1 Å². The minimum atomic E-state index is -0.667. The molecule has 0 bridgehead atoms. The highest BCUT2D eigenvalue weighted by atomic mass is 16.5. The van der Waals surface area contributed by atoms with Crippen LogP contribution in [0.25, 0.3) is 6.08 Å². The van der Waals surface area contributed by atoms with Crippen LogP contribution in [0.4, 0.5) is 4.79 Å². The number of ether oxygens (including phenoxy) is 1. The number of imide groups is 1. The van der Waals surface area contributed by atoms with E-state index in [-0.39, 0.29) is 6.04 Å². The van der Waals surface area contributed by atoms with Crippen LogP contribution in [0.15, 0.2) is 12.1 Å². The summed E-state index contributed by atoms with van der Waals surface area (Å²) in [5, 5.41) is 4.72. The van der Waals surface area contributed by atoms with E-state index in [9.17, 15) is 14.4 Å². The maximum Gasteiger partial charge on any atom is 0.331 e. The summed E-state index contributed by atoms with van der Waals surface area (Å²) in [6.07, 6.45) is 6.13. The highest BCUT2D eigenvalue weighted by Gasteiger charge is 2.26. The molecule has 1 fully saturated rings. The van der Waals surface area contributed by atoms with Gasteiger partial charge in [-0.1, -0.05) is 6.92 Å². The zero-order chi connectivity index (χ0) is 19.3. The molecule has 7 heteroatoms. The molecule has 26 heavy (non-hydrogen) atoms. The number of urea groups is 1. The fourth-order valence-corrected chi connectivity index (χ4v) is 2.73. The van der Waals surface area contributed by atoms with Gasteiger partial charge >= 0.3 is 12.0 Å². The first-order chi connectivity index (χ1) is 12.3. The number of aromatic nitrogens is 1. The van der Waals surface area contributed by atoms with Crippen LogP contribution in [0.2, 0.25) is 0 Å². The molecule has 0 unspecified atom stereocenters. The fraction of sp³-hybridized carbons (Fsp3) is 0.526. The Kier molecular flexibility index (Phi) is 6.60. The Morgan fingerprint density at radius 1 is 1.35 bits per heavy atom. The number of aryl methyl sites for hydroxylation is 1. The van der Waals surface area contributed by atoms with Crippen LogP contribution in [0.3, 0.4) is 0 Å². The molecule has 2 N–H and O–H groups in total. The summed E-state index contributed by atoms with van der Waals surface area (Å²) in [6.45, 7) is 7.33. The number of nitrogens with one attached hydrogen (secondary N) is 2. The van der Waals surface area contributed by atoms with E-state index in [2.05, 4.69) is 22.1 Å². The lowest BCUT2D eigenvalue weighted by molar-refractivity contribution is -0.143. The van der Waals surface area contributed by atoms with Crippen molar-refractivity contribution >= 4 is 24.0 Å². The number of rotatable bonds is 7. The predicted molar refractivity (Wildman–Crippen MR) is 98.6 cm³/mol. The van der Waals surface area contributed by atoms with Crippen molar-refractivity contribution in [2.45, 2.75) is 59.0 Å². The first-order valence-corrected chi connectivity index (χ1v) is 8.95. The molecule has 2 rings (SSSR count). The van der Waals surface area contributed by atoms with Crippen molar-refractivity contribution in [2.24, 2.45) is 0 Å². The number of hydrogen-bond donors (Lipinski definition) is 2. The van der Waals surface area contributed by atoms with Crippen molar-refractivity contribution in [1.82, 2.24) is 15.2 Å². The van der Waals surface area contributed by atoms with Crippen molar-refractivity contribution in [2.75, 3.05) is 6.61 Å². The third-order valence-electron chi connectivity index (χ3n) is 4.42.